The molecule has 3 rings (SSSR count). The molecule has 148 valence electrons. The molecule has 2 heterocycles. The smallest absolute Gasteiger partial charge is 0.191 e. The molecule has 0 amide bonds. The highest BCUT2D eigenvalue weighted by molar-refractivity contribution is 14.0. The highest BCUT2D eigenvalue weighted by Gasteiger charge is 2.20. The van der Waals surface area contributed by atoms with Crippen molar-refractivity contribution >= 4 is 52.0 Å². The molecule has 0 bridgehead atoms. The number of guanidine groups is 1. The summed E-state index contributed by atoms with van der Waals surface area (Å²) in [5.41, 5.74) is 2.47. The summed E-state index contributed by atoms with van der Waals surface area (Å²) in [7, 11) is 5.97. The second-order valence-electron chi connectivity index (χ2n) is 6.85. The van der Waals surface area contributed by atoms with E-state index in [1.807, 2.05) is 18.4 Å². The Bertz CT molecular complexity index is 709. The lowest BCUT2D eigenvalue weighted by molar-refractivity contribution is 0.463. The third kappa shape index (κ3) is 6.27. The van der Waals surface area contributed by atoms with Crippen molar-refractivity contribution in [3.05, 3.63) is 47.3 Å². The highest BCUT2D eigenvalue weighted by Crippen LogP contribution is 2.24. The maximum absolute atomic E-state index is 4.40. The zero-order chi connectivity index (χ0) is 18.4. The number of aliphatic imine (C=N–C) groups is 1. The molecular weight excluding hydrogens is 469 g/mol. The Kier molecular flexibility index (Phi) is 8.69. The first-order valence-electron chi connectivity index (χ1n) is 9.17. The van der Waals surface area contributed by atoms with Crippen molar-refractivity contribution < 1.29 is 0 Å². The first-order valence-corrected chi connectivity index (χ1v) is 10.1. The Hall–Kier alpha value is -1.48. The number of nitrogens with zero attached hydrogens (tertiary/aromatic N) is 3. The maximum Gasteiger partial charge on any atom is 0.191 e. The third-order valence-corrected chi connectivity index (χ3v) is 5.69. The second kappa shape index (κ2) is 10.8. The minimum atomic E-state index is 0. The van der Waals surface area contributed by atoms with Gasteiger partial charge in [-0.15, -0.1) is 35.3 Å². The van der Waals surface area contributed by atoms with E-state index in [1.54, 1.807) is 0 Å². The van der Waals surface area contributed by atoms with E-state index in [4.69, 9.17) is 0 Å². The summed E-state index contributed by atoms with van der Waals surface area (Å²) < 4.78 is 0. The molecule has 0 atom stereocenters. The summed E-state index contributed by atoms with van der Waals surface area (Å²) in [4.78, 5) is 9.00. The van der Waals surface area contributed by atoms with Crippen LogP contribution in [-0.4, -0.2) is 46.2 Å². The first-order chi connectivity index (χ1) is 12.7. The average Bonchev–Trinajstić information content (AvgIpc) is 3.20. The summed E-state index contributed by atoms with van der Waals surface area (Å²) in [6.07, 6.45) is 2.27. The molecule has 0 spiro atoms. The van der Waals surface area contributed by atoms with Crippen molar-refractivity contribution in [3.63, 3.8) is 0 Å². The minimum absolute atomic E-state index is 0. The molecule has 2 aromatic rings. The standard InChI is InChI=1S/C20H29N5S.HI/c1-21-20(22-15-16-6-4-7-18(14-16)24(2)3)23-17-9-11-25(12-10-17)19-8-5-13-26-19;/h4-8,13-14,17H,9-12,15H2,1-3H3,(H2,21,22,23);1H. The Morgan fingerprint density at radius 3 is 2.63 bits per heavy atom. The van der Waals surface area contributed by atoms with Gasteiger partial charge in [-0.05, 0) is 48.1 Å². The number of anilines is 2. The SMILES string of the molecule is CN=C(NCc1cccc(N(C)C)c1)NC1CCN(c2cccs2)CC1.I. The van der Waals surface area contributed by atoms with Gasteiger partial charge in [0.15, 0.2) is 5.96 Å². The van der Waals surface area contributed by atoms with Gasteiger partial charge in [-0.2, -0.15) is 0 Å². The van der Waals surface area contributed by atoms with Crippen LogP contribution in [0.4, 0.5) is 10.7 Å². The van der Waals surface area contributed by atoms with E-state index in [9.17, 15) is 0 Å². The van der Waals surface area contributed by atoms with Crippen LogP contribution in [0.1, 0.15) is 18.4 Å². The Morgan fingerprint density at radius 1 is 1.22 bits per heavy atom. The van der Waals surface area contributed by atoms with Crippen molar-refractivity contribution in [2.75, 3.05) is 44.0 Å². The van der Waals surface area contributed by atoms with Crippen LogP contribution >= 0.6 is 35.3 Å². The summed E-state index contributed by atoms with van der Waals surface area (Å²) in [6, 6.07) is 13.4. The molecule has 27 heavy (non-hydrogen) atoms. The summed E-state index contributed by atoms with van der Waals surface area (Å²) in [6.45, 7) is 2.97. The predicted octanol–water partition coefficient (Wildman–Crippen LogP) is 3.77. The molecule has 0 aliphatic carbocycles. The molecule has 1 aromatic carbocycles. The van der Waals surface area contributed by atoms with Crippen LogP contribution in [0.5, 0.6) is 0 Å². The van der Waals surface area contributed by atoms with Crippen molar-refractivity contribution in [3.8, 4) is 0 Å². The van der Waals surface area contributed by atoms with Crippen molar-refractivity contribution in [2.45, 2.75) is 25.4 Å². The number of benzene rings is 1. The molecule has 1 aliphatic heterocycles. The van der Waals surface area contributed by atoms with Gasteiger partial charge in [-0.1, -0.05) is 12.1 Å². The fraction of sp³-hybridized carbons (Fsp3) is 0.450. The van der Waals surface area contributed by atoms with E-state index in [0.29, 0.717) is 6.04 Å². The lowest BCUT2D eigenvalue weighted by Gasteiger charge is -2.33. The van der Waals surface area contributed by atoms with Crippen LogP contribution in [0.2, 0.25) is 0 Å². The van der Waals surface area contributed by atoms with Gasteiger partial charge >= 0.3 is 0 Å². The molecule has 1 aliphatic rings. The van der Waals surface area contributed by atoms with Gasteiger partial charge in [0.05, 0.1) is 5.00 Å². The number of piperidine rings is 1. The van der Waals surface area contributed by atoms with Gasteiger partial charge in [0, 0.05) is 52.5 Å². The van der Waals surface area contributed by atoms with Gasteiger partial charge < -0.3 is 20.4 Å². The summed E-state index contributed by atoms with van der Waals surface area (Å²) >= 11 is 1.82. The quantitative estimate of drug-likeness (QED) is 0.374. The number of rotatable bonds is 5. The lowest BCUT2D eigenvalue weighted by atomic mass is 10.1. The molecule has 0 saturated carbocycles. The molecule has 2 N–H and O–H groups in total. The number of hydrogen-bond donors (Lipinski definition) is 2. The van der Waals surface area contributed by atoms with Gasteiger partial charge in [0.25, 0.3) is 0 Å². The van der Waals surface area contributed by atoms with E-state index >= 15 is 0 Å². The van der Waals surface area contributed by atoms with Crippen LogP contribution in [0.25, 0.3) is 0 Å². The molecule has 7 heteroatoms. The fourth-order valence-corrected chi connectivity index (χ4v) is 4.00. The molecular formula is C20H30IN5S. The van der Waals surface area contributed by atoms with Crippen LogP contribution in [0, 0.1) is 0 Å². The number of halogens is 1. The number of thiophene rings is 1. The van der Waals surface area contributed by atoms with Gasteiger partial charge in [-0.3, -0.25) is 4.99 Å². The number of hydrogen-bond acceptors (Lipinski definition) is 4. The van der Waals surface area contributed by atoms with Crippen LogP contribution in [0.3, 0.4) is 0 Å². The summed E-state index contributed by atoms with van der Waals surface area (Å²) in [5, 5.41) is 10.6. The molecule has 1 saturated heterocycles. The Balaban J connectivity index is 0.00000261. The molecule has 0 radical (unpaired) electrons. The third-order valence-electron chi connectivity index (χ3n) is 4.76. The van der Waals surface area contributed by atoms with Crippen LogP contribution in [0.15, 0.2) is 46.8 Å². The zero-order valence-electron chi connectivity index (χ0n) is 16.3. The molecule has 0 unspecified atom stereocenters. The monoisotopic (exact) mass is 499 g/mol. The predicted molar refractivity (Wildman–Crippen MR) is 129 cm³/mol. The van der Waals surface area contributed by atoms with Gasteiger partial charge in [0.1, 0.15) is 0 Å². The largest absolute Gasteiger partial charge is 0.378 e. The van der Waals surface area contributed by atoms with Crippen molar-refractivity contribution in [1.29, 1.82) is 0 Å². The van der Waals surface area contributed by atoms with E-state index in [-0.39, 0.29) is 24.0 Å². The topological polar surface area (TPSA) is 42.9 Å². The fourth-order valence-electron chi connectivity index (χ4n) is 3.21. The first kappa shape index (κ1) is 21.8. The van der Waals surface area contributed by atoms with E-state index in [2.05, 4.69) is 81.3 Å². The highest BCUT2D eigenvalue weighted by atomic mass is 127. The molecule has 1 fully saturated rings. The normalized spacial score (nSPS) is 15.2. The Labute approximate surface area is 183 Å². The van der Waals surface area contributed by atoms with Crippen LogP contribution < -0.4 is 20.4 Å². The van der Waals surface area contributed by atoms with E-state index in [1.165, 1.54) is 16.3 Å². The van der Waals surface area contributed by atoms with E-state index in [0.717, 1.165) is 38.4 Å². The van der Waals surface area contributed by atoms with Gasteiger partial charge in [0.2, 0.25) is 0 Å². The molecule has 1 aromatic heterocycles. The van der Waals surface area contributed by atoms with Crippen molar-refractivity contribution in [2.24, 2.45) is 4.99 Å². The average molecular weight is 499 g/mol. The Morgan fingerprint density at radius 2 is 2.00 bits per heavy atom. The molecule has 5 nitrogen and oxygen atoms in total. The summed E-state index contributed by atoms with van der Waals surface area (Å²) in [5.74, 6) is 0.884. The lowest BCUT2D eigenvalue weighted by Crippen LogP contribution is -2.48. The van der Waals surface area contributed by atoms with Crippen LogP contribution in [-0.2, 0) is 6.54 Å². The number of nitrogens with one attached hydrogen (secondary N) is 2. The zero-order valence-corrected chi connectivity index (χ0v) is 19.5. The van der Waals surface area contributed by atoms with Crippen molar-refractivity contribution in [1.82, 2.24) is 10.6 Å². The van der Waals surface area contributed by atoms with Gasteiger partial charge in [-0.25, -0.2) is 0 Å². The maximum atomic E-state index is 4.40. The second-order valence-corrected chi connectivity index (χ2v) is 7.77. The van der Waals surface area contributed by atoms with E-state index < -0.39 is 0 Å². The minimum Gasteiger partial charge on any atom is -0.378 e.